The Morgan fingerprint density at radius 3 is 1.60 bits per heavy atom. The van der Waals surface area contributed by atoms with Crippen LogP contribution < -0.4 is 10.6 Å². The Balaban J connectivity index is 2.22. The molecule has 0 amide bonds. The fraction of sp³-hybridized carbons (Fsp3) is 1.00. The minimum absolute atomic E-state index is 1.11. The second-order valence-electron chi connectivity index (χ2n) is 4.46. The van der Waals surface area contributed by atoms with Crippen LogP contribution in [0.5, 0.6) is 0 Å². The first-order valence-corrected chi connectivity index (χ1v) is 6.07. The van der Waals surface area contributed by atoms with Crippen molar-refractivity contribution in [2.24, 2.45) is 0 Å². The zero-order valence-corrected chi connectivity index (χ0v) is 10.3. The lowest BCUT2D eigenvalue weighted by atomic mass is 10.4. The number of nitrogens with zero attached hydrogens (tertiary/aromatic N) is 2. The van der Waals surface area contributed by atoms with Crippen LogP contribution >= 0.6 is 0 Å². The Morgan fingerprint density at radius 2 is 1.13 bits per heavy atom. The predicted molar refractivity (Wildman–Crippen MR) is 65.4 cm³/mol. The number of hydrogen-bond donors (Lipinski definition) is 2. The maximum absolute atomic E-state index is 3.47. The van der Waals surface area contributed by atoms with Crippen molar-refractivity contribution in [3.05, 3.63) is 0 Å². The predicted octanol–water partition coefficient (Wildman–Crippen LogP) is -0.567. The van der Waals surface area contributed by atoms with Crippen LogP contribution in [0.3, 0.4) is 0 Å². The van der Waals surface area contributed by atoms with Gasteiger partial charge in [0.1, 0.15) is 0 Å². The van der Waals surface area contributed by atoms with E-state index in [1.54, 1.807) is 0 Å². The van der Waals surface area contributed by atoms with Crippen LogP contribution in [0.4, 0.5) is 0 Å². The molecule has 2 N–H and O–H groups in total. The molecule has 15 heavy (non-hydrogen) atoms. The summed E-state index contributed by atoms with van der Waals surface area (Å²) in [7, 11) is 4.40. The van der Waals surface area contributed by atoms with Crippen LogP contribution in [0.25, 0.3) is 0 Å². The minimum atomic E-state index is 1.11. The van der Waals surface area contributed by atoms with Crippen molar-refractivity contribution in [1.82, 2.24) is 20.4 Å². The van der Waals surface area contributed by atoms with Crippen LogP contribution in [0, 0.1) is 0 Å². The zero-order valence-electron chi connectivity index (χ0n) is 10.3. The molecule has 0 spiro atoms. The van der Waals surface area contributed by atoms with Crippen LogP contribution in [0.2, 0.25) is 0 Å². The van der Waals surface area contributed by atoms with E-state index < -0.39 is 0 Å². The van der Waals surface area contributed by atoms with E-state index in [2.05, 4.69) is 34.5 Å². The second-order valence-corrected chi connectivity index (χ2v) is 4.46. The topological polar surface area (TPSA) is 30.5 Å². The molecule has 1 fully saturated rings. The maximum atomic E-state index is 3.47. The molecular formula is C11H26N4. The third-order valence-electron chi connectivity index (χ3n) is 2.91. The van der Waals surface area contributed by atoms with E-state index in [0.717, 1.165) is 52.4 Å². The third-order valence-corrected chi connectivity index (χ3v) is 2.91. The highest BCUT2D eigenvalue weighted by molar-refractivity contribution is 4.62. The van der Waals surface area contributed by atoms with Gasteiger partial charge in [-0.3, -0.25) is 0 Å². The molecule has 90 valence electrons. The van der Waals surface area contributed by atoms with Crippen molar-refractivity contribution in [2.75, 3.05) is 66.5 Å². The first-order chi connectivity index (χ1) is 7.29. The van der Waals surface area contributed by atoms with Crippen LogP contribution in [0.15, 0.2) is 0 Å². The fourth-order valence-electron chi connectivity index (χ4n) is 1.69. The highest BCUT2D eigenvalue weighted by Gasteiger charge is 2.02. The molecule has 1 rings (SSSR count). The van der Waals surface area contributed by atoms with Crippen LogP contribution in [-0.4, -0.2) is 76.3 Å². The molecule has 0 unspecified atom stereocenters. The van der Waals surface area contributed by atoms with Crippen molar-refractivity contribution >= 4 is 0 Å². The molecule has 0 saturated carbocycles. The quantitative estimate of drug-likeness (QED) is 0.565. The molecule has 0 aliphatic carbocycles. The summed E-state index contributed by atoms with van der Waals surface area (Å²) in [5.74, 6) is 0. The lowest BCUT2D eigenvalue weighted by Gasteiger charge is -2.21. The minimum Gasteiger partial charge on any atom is -0.315 e. The summed E-state index contributed by atoms with van der Waals surface area (Å²) >= 11 is 0. The van der Waals surface area contributed by atoms with Gasteiger partial charge in [0.2, 0.25) is 0 Å². The zero-order chi connectivity index (χ0) is 10.9. The van der Waals surface area contributed by atoms with Crippen molar-refractivity contribution in [3.63, 3.8) is 0 Å². The summed E-state index contributed by atoms with van der Waals surface area (Å²) in [4.78, 5) is 4.80. The Morgan fingerprint density at radius 1 is 0.667 bits per heavy atom. The second kappa shape index (κ2) is 8.05. The van der Waals surface area contributed by atoms with E-state index >= 15 is 0 Å². The smallest absolute Gasteiger partial charge is 0.0107 e. The first kappa shape index (κ1) is 12.9. The third kappa shape index (κ3) is 6.84. The molecule has 0 aromatic rings. The Bertz CT molecular complexity index is 136. The summed E-state index contributed by atoms with van der Waals surface area (Å²) in [5, 5.41) is 6.94. The van der Waals surface area contributed by atoms with Gasteiger partial charge in [-0.25, -0.2) is 0 Å². The van der Waals surface area contributed by atoms with Gasteiger partial charge in [0.15, 0.2) is 0 Å². The molecule has 0 atom stereocenters. The highest BCUT2D eigenvalue weighted by atomic mass is 15.2. The summed E-state index contributed by atoms with van der Waals surface area (Å²) in [6.45, 7) is 9.13. The normalized spacial score (nSPS) is 25.2. The Labute approximate surface area is 94.0 Å². The van der Waals surface area contributed by atoms with E-state index in [9.17, 15) is 0 Å². The van der Waals surface area contributed by atoms with Gasteiger partial charge in [0, 0.05) is 39.3 Å². The monoisotopic (exact) mass is 214 g/mol. The first-order valence-electron chi connectivity index (χ1n) is 6.07. The molecule has 0 aromatic heterocycles. The lowest BCUT2D eigenvalue weighted by Crippen LogP contribution is -2.36. The molecule has 1 saturated heterocycles. The molecule has 0 radical (unpaired) electrons. The van der Waals surface area contributed by atoms with Gasteiger partial charge in [0.05, 0.1) is 0 Å². The number of rotatable bonds is 0. The average Bonchev–Trinajstić information content (AvgIpc) is 2.24. The highest BCUT2D eigenvalue weighted by Crippen LogP contribution is 1.87. The molecule has 1 aliphatic heterocycles. The largest absolute Gasteiger partial charge is 0.315 e. The van der Waals surface area contributed by atoms with Crippen molar-refractivity contribution in [3.8, 4) is 0 Å². The molecule has 4 heteroatoms. The molecule has 1 aliphatic rings. The van der Waals surface area contributed by atoms with Crippen LogP contribution in [0.1, 0.15) is 6.42 Å². The van der Waals surface area contributed by atoms with Gasteiger partial charge >= 0.3 is 0 Å². The van der Waals surface area contributed by atoms with E-state index in [-0.39, 0.29) is 0 Å². The molecule has 0 aromatic carbocycles. The average molecular weight is 214 g/mol. The summed E-state index contributed by atoms with van der Waals surface area (Å²) in [5.41, 5.74) is 0. The Hall–Kier alpha value is -0.160. The molecule has 1 heterocycles. The number of nitrogens with one attached hydrogen (secondary N) is 2. The molecule has 0 bridgehead atoms. The fourth-order valence-corrected chi connectivity index (χ4v) is 1.69. The molecule has 4 nitrogen and oxygen atoms in total. The van der Waals surface area contributed by atoms with E-state index in [1.807, 2.05) is 0 Å². The van der Waals surface area contributed by atoms with Gasteiger partial charge in [-0.05, 0) is 33.6 Å². The SMILES string of the molecule is CN1CCNCCCNCCN(C)CC1. The number of hydrogen-bond acceptors (Lipinski definition) is 4. The van der Waals surface area contributed by atoms with Crippen LogP contribution in [-0.2, 0) is 0 Å². The van der Waals surface area contributed by atoms with Gasteiger partial charge in [0.25, 0.3) is 0 Å². The van der Waals surface area contributed by atoms with Gasteiger partial charge in [-0.1, -0.05) is 0 Å². The van der Waals surface area contributed by atoms with E-state index in [4.69, 9.17) is 0 Å². The maximum Gasteiger partial charge on any atom is 0.0107 e. The summed E-state index contributed by atoms with van der Waals surface area (Å²) in [6.07, 6.45) is 1.23. The van der Waals surface area contributed by atoms with Crippen molar-refractivity contribution in [2.45, 2.75) is 6.42 Å². The standard InChI is InChI=1S/C11H26N4/c1-14-8-6-12-4-3-5-13-7-9-15(2)11-10-14/h12-13H,3-11H2,1-2H3. The van der Waals surface area contributed by atoms with E-state index in [1.165, 1.54) is 6.42 Å². The number of likely N-dealkylation sites (N-methyl/N-ethyl adjacent to an activating group) is 2. The van der Waals surface area contributed by atoms with Crippen molar-refractivity contribution < 1.29 is 0 Å². The molecular weight excluding hydrogens is 188 g/mol. The van der Waals surface area contributed by atoms with Gasteiger partial charge in [-0.15, -0.1) is 0 Å². The lowest BCUT2D eigenvalue weighted by molar-refractivity contribution is 0.258. The van der Waals surface area contributed by atoms with Crippen molar-refractivity contribution in [1.29, 1.82) is 0 Å². The summed E-state index contributed by atoms with van der Waals surface area (Å²) < 4.78 is 0. The Kier molecular flexibility index (Phi) is 6.92. The van der Waals surface area contributed by atoms with E-state index in [0.29, 0.717) is 0 Å². The summed E-state index contributed by atoms with van der Waals surface area (Å²) in [6, 6.07) is 0. The van der Waals surface area contributed by atoms with Gasteiger partial charge in [-0.2, -0.15) is 0 Å². The van der Waals surface area contributed by atoms with Gasteiger partial charge < -0.3 is 20.4 Å².